The lowest BCUT2D eigenvalue weighted by molar-refractivity contribution is -0.132. The van der Waals surface area contributed by atoms with Gasteiger partial charge in [0.05, 0.1) is 11.5 Å². The molecule has 0 radical (unpaired) electrons. The summed E-state index contributed by atoms with van der Waals surface area (Å²) in [6, 6.07) is 9.39. The molecule has 108 valence electrons. The van der Waals surface area contributed by atoms with Crippen LogP contribution in [0.1, 0.15) is 17.3 Å². The van der Waals surface area contributed by atoms with E-state index in [1.54, 1.807) is 11.2 Å². The monoisotopic (exact) mass is 301 g/mol. The normalized spacial score (nSPS) is 15.3. The number of nitrogens with two attached hydrogens (primary N) is 1. The van der Waals surface area contributed by atoms with Crippen LogP contribution in [-0.4, -0.2) is 37.1 Å². The van der Waals surface area contributed by atoms with E-state index in [1.807, 2.05) is 34.9 Å². The Bertz CT molecular complexity index is 669. The molecule has 0 aliphatic carbocycles. The highest BCUT2D eigenvalue weighted by molar-refractivity contribution is 7.80. The van der Waals surface area contributed by atoms with Crippen LogP contribution >= 0.6 is 12.2 Å². The minimum Gasteiger partial charge on any atom is -0.392 e. The van der Waals surface area contributed by atoms with Crippen molar-refractivity contribution in [3.8, 4) is 0 Å². The maximum atomic E-state index is 12.8. The zero-order valence-corrected chi connectivity index (χ0v) is 12.2. The molecule has 0 saturated heterocycles. The number of thiocarbonyl (C=S) groups is 1. The van der Waals surface area contributed by atoms with Gasteiger partial charge in [0.15, 0.2) is 5.82 Å². The maximum absolute atomic E-state index is 12.8. The summed E-state index contributed by atoms with van der Waals surface area (Å²) in [6.07, 6.45) is 1.68. The second kappa shape index (κ2) is 5.61. The van der Waals surface area contributed by atoms with E-state index in [0.29, 0.717) is 19.6 Å². The van der Waals surface area contributed by atoms with Crippen LogP contribution in [0.5, 0.6) is 0 Å². The van der Waals surface area contributed by atoms with E-state index >= 15 is 0 Å². The largest absolute Gasteiger partial charge is 0.392 e. The van der Waals surface area contributed by atoms with Crippen molar-refractivity contribution in [3.63, 3.8) is 0 Å². The molecule has 2 aromatic rings. The van der Waals surface area contributed by atoms with Crippen LogP contribution in [-0.2, 0) is 17.9 Å². The molecule has 6 nitrogen and oxygen atoms in total. The van der Waals surface area contributed by atoms with Gasteiger partial charge in [-0.15, -0.1) is 10.2 Å². The van der Waals surface area contributed by atoms with Crippen LogP contribution in [0.4, 0.5) is 0 Å². The zero-order chi connectivity index (χ0) is 14.8. The Morgan fingerprint density at radius 2 is 2.05 bits per heavy atom. The fraction of sp³-hybridized carbons (Fsp3) is 0.286. The molecule has 2 heterocycles. The highest BCUT2D eigenvalue weighted by Gasteiger charge is 2.30. The number of benzene rings is 1. The standard InChI is InChI=1S/C14H15N5OS/c15-13(21)12(10-4-2-1-3-5-10)14(20)18-6-7-19-9-16-17-11(19)8-18/h1-5,9,12H,6-8H2,(H2,15,21). The molecule has 0 bridgehead atoms. The van der Waals surface area contributed by atoms with Gasteiger partial charge in [0, 0.05) is 13.1 Å². The van der Waals surface area contributed by atoms with Crippen LogP contribution < -0.4 is 5.73 Å². The minimum absolute atomic E-state index is 0.0806. The quantitative estimate of drug-likeness (QED) is 0.844. The lowest BCUT2D eigenvalue weighted by Crippen LogP contribution is -2.43. The molecule has 2 N–H and O–H groups in total. The minimum atomic E-state index is -0.587. The summed E-state index contributed by atoms with van der Waals surface area (Å²) in [5.74, 6) is 0.114. The van der Waals surface area contributed by atoms with E-state index < -0.39 is 5.92 Å². The van der Waals surface area contributed by atoms with Crippen molar-refractivity contribution in [2.75, 3.05) is 6.54 Å². The fourth-order valence-electron chi connectivity index (χ4n) is 2.51. The maximum Gasteiger partial charge on any atom is 0.237 e. The first-order chi connectivity index (χ1) is 10.2. The van der Waals surface area contributed by atoms with Crippen LogP contribution in [0.25, 0.3) is 0 Å². The summed E-state index contributed by atoms with van der Waals surface area (Å²) in [7, 11) is 0. The third-order valence-electron chi connectivity index (χ3n) is 3.61. The molecule has 1 aromatic heterocycles. The number of hydrogen-bond acceptors (Lipinski definition) is 4. The molecule has 1 aliphatic heterocycles. The third kappa shape index (κ3) is 2.64. The summed E-state index contributed by atoms with van der Waals surface area (Å²) in [4.78, 5) is 14.7. The van der Waals surface area contributed by atoms with E-state index in [9.17, 15) is 4.79 Å². The number of aromatic nitrogens is 3. The number of nitrogens with zero attached hydrogens (tertiary/aromatic N) is 4. The van der Waals surface area contributed by atoms with Gasteiger partial charge in [0.2, 0.25) is 5.91 Å². The van der Waals surface area contributed by atoms with Crippen molar-refractivity contribution in [1.82, 2.24) is 19.7 Å². The average molecular weight is 301 g/mol. The lowest BCUT2D eigenvalue weighted by atomic mass is 9.97. The number of fused-ring (bicyclic) bond motifs is 1. The topological polar surface area (TPSA) is 77.0 Å². The van der Waals surface area contributed by atoms with Crippen molar-refractivity contribution < 1.29 is 4.79 Å². The molecule has 7 heteroatoms. The predicted octanol–water partition coefficient (Wildman–Crippen LogP) is 0.690. The van der Waals surface area contributed by atoms with E-state index in [2.05, 4.69) is 10.2 Å². The van der Waals surface area contributed by atoms with Gasteiger partial charge in [-0.05, 0) is 5.56 Å². The first kappa shape index (κ1) is 13.7. The smallest absolute Gasteiger partial charge is 0.237 e. The first-order valence-corrected chi connectivity index (χ1v) is 7.07. The van der Waals surface area contributed by atoms with Gasteiger partial charge in [-0.2, -0.15) is 0 Å². The number of amides is 1. The van der Waals surface area contributed by atoms with Crippen molar-refractivity contribution in [2.24, 2.45) is 5.73 Å². The number of carbonyl (C=O) groups is 1. The number of rotatable bonds is 3. The van der Waals surface area contributed by atoms with E-state index in [4.69, 9.17) is 18.0 Å². The molecule has 3 rings (SSSR count). The second-order valence-electron chi connectivity index (χ2n) is 4.95. The van der Waals surface area contributed by atoms with Gasteiger partial charge < -0.3 is 15.2 Å². The number of carbonyl (C=O) groups excluding carboxylic acids is 1. The Morgan fingerprint density at radius 1 is 1.29 bits per heavy atom. The van der Waals surface area contributed by atoms with Crippen LogP contribution in [0.15, 0.2) is 36.7 Å². The zero-order valence-electron chi connectivity index (χ0n) is 11.3. The van der Waals surface area contributed by atoms with Crippen molar-refractivity contribution in [2.45, 2.75) is 19.0 Å². The van der Waals surface area contributed by atoms with Crippen LogP contribution in [0.2, 0.25) is 0 Å². The van der Waals surface area contributed by atoms with Crippen LogP contribution in [0, 0.1) is 0 Å². The average Bonchev–Trinajstić information content (AvgIpc) is 2.95. The van der Waals surface area contributed by atoms with Crippen molar-refractivity contribution in [1.29, 1.82) is 0 Å². The molecule has 1 aromatic carbocycles. The summed E-state index contributed by atoms with van der Waals surface area (Å²) in [5, 5.41) is 7.88. The van der Waals surface area contributed by atoms with E-state index in [0.717, 1.165) is 11.4 Å². The number of hydrogen-bond donors (Lipinski definition) is 1. The lowest BCUT2D eigenvalue weighted by Gasteiger charge is -2.30. The third-order valence-corrected chi connectivity index (χ3v) is 3.85. The van der Waals surface area contributed by atoms with Gasteiger partial charge >= 0.3 is 0 Å². The van der Waals surface area contributed by atoms with Crippen LogP contribution in [0.3, 0.4) is 0 Å². The molecular formula is C14H15N5OS. The Kier molecular flexibility index (Phi) is 3.66. The van der Waals surface area contributed by atoms with E-state index in [1.165, 1.54) is 0 Å². The van der Waals surface area contributed by atoms with Gasteiger partial charge in [-0.1, -0.05) is 42.5 Å². The van der Waals surface area contributed by atoms with Crippen molar-refractivity contribution in [3.05, 3.63) is 48.0 Å². The molecule has 1 unspecified atom stereocenters. The summed E-state index contributed by atoms with van der Waals surface area (Å²) < 4.78 is 1.95. The molecule has 0 saturated carbocycles. The van der Waals surface area contributed by atoms with Crippen molar-refractivity contribution >= 4 is 23.1 Å². The fourth-order valence-corrected chi connectivity index (χ4v) is 2.75. The van der Waals surface area contributed by atoms with Gasteiger partial charge in [-0.25, -0.2) is 0 Å². The Balaban J connectivity index is 1.84. The highest BCUT2D eigenvalue weighted by atomic mass is 32.1. The van der Waals surface area contributed by atoms with Gasteiger partial charge in [0.1, 0.15) is 12.2 Å². The van der Waals surface area contributed by atoms with Gasteiger partial charge in [0.25, 0.3) is 0 Å². The summed E-state index contributed by atoms with van der Waals surface area (Å²) >= 11 is 5.10. The Morgan fingerprint density at radius 3 is 2.76 bits per heavy atom. The molecule has 1 aliphatic rings. The molecule has 1 atom stereocenters. The molecule has 1 amide bonds. The van der Waals surface area contributed by atoms with Gasteiger partial charge in [-0.3, -0.25) is 4.79 Å². The summed E-state index contributed by atoms with van der Waals surface area (Å²) in [6.45, 7) is 1.73. The molecule has 0 spiro atoms. The molecule has 21 heavy (non-hydrogen) atoms. The first-order valence-electron chi connectivity index (χ1n) is 6.66. The Hall–Kier alpha value is -2.28. The van der Waals surface area contributed by atoms with E-state index in [-0.39, 0.29) is 10.9 Å². The second-order valence-corrected chi connectivity index (χ2v) is 5.42. The molecule has 0 fully saturated rings. The Labute approximate surface area is 127 Å². The predicted molar refractivity (Wildman–Crippen MR) is 81.4 cm³/mol. The highest BCUT2D eigenvalue weighted by Crippen LogP contribution is 2.21. The SMILES string of the molecule is NC(=S)C(C(=O)N1CCn2cnnc2C1)c1ccccc1. The molecular weight excluding hydrogens is 286 g/mol. The summed E-state index contributed by atoms with van der Waals surface area (Å²) in [5.41, 5.74) is 6.62.